The fourth-order valence-corrected chi connectivity index (χ4v) is 2.65. The van der Waals surface area contributed by atoms with Crippen LogP contribution in [0, 0.1) is 11.3 Å². The molecule has 0 aliphatic carbocycles. The number of likely N-dealkylation sites (N-methyl/N-ethyl adjacent to an activating group) is 1. The van der Waals surface area contributed by atoms with Crippen LogP contribution in [0.15, 0.2) is 23.1 Å². The number of carbonyl (C=O) groups excluding carboxylic acids is 2. The zero-order valence-electron chi connectivity index (χ0n) is 13.4. The fourth-order valence-electron chi connectivity index (χ4n) is 1.80. The van der Waals surface area contributed by atoms with E-state index in [-0.39, 0.29) is 28.4 Å². The second-order valence-electron chi connectivity index (χ2n) is 5.13. The first-order valence-electron chi connectivity index (χ1n) is 6.90. The van der Waals surface area contributed by atoms with E-state index >= 15 is 0 Å². The van der Waals surface area contributed by atoms with E-state index in [2.05, 4.69) is 0 Å². The van der Waals surface area contributed by atoms with Crippen LogP contribution < -0.4 is 0 Å². The summed E-state index contributed by atoms with van der Waals surface area (Å²) in [7, 11) is -2.03. The summed E-state index contributed by atoms with van der Waals surface area (Å²) in [6.07, 6.45) is 0.0615. The van der Waals surface area contributed by atoms with Crippen LogP contribution in [0.2, 0.25) is 5.02 Å². The number of amides is 1. The van der Waals surface area contributed by atoms with Gasteiger partial charge in [-0.3, -0.25) is 4.79 Å². The minimum atomic E-state index is -3.52. The Morgan fingerprint density at radius 3 is 2.58 bits per heavy atom. The van der Waals surface area contributed by atoms with E-state index in [1.807, 2.05) is 6.07 Å². The number of sulfone groups is 1. The van der Waals surface area contributed by atoms with Gasteiger partial charge in [-0.15, -0.1) is 0 Å². The van der Waals surface area contributed by atoms with Crippen molar-refractivity contribution in [2.45, 2.75) is 24.3 Å². The van der Waals surface area contributed by atoms with E-state index < -0.39 is 27.8 Å². The maximum Gasteiger partial charge on any atom is 0.340 e. The number of halogens is 1. The Hall–Kier alpha value is -2.11. The molecule has 0 aliphatic heterocycles. The zero-order chi connectivity index (χ0) is 18.5. The Bertz CT molecular complexity index is 786. The summed E-state index contributed by atoms with van der Waals surface area (Å²) >= 11 is 5.91. The van der Waals surface area contributed by atoms with Crippen molar-refractivity contribution in [3.63, 3.8) is 0 Å². The Balaban J connectivity index is 2.92. The fraction of sp³-hybridized carbons (Fsp3) is 0.400. The van der Waals surface area contributed by atoms with Gasteiger partial charge in [0.15, 0.2) is 15.9 Å². The minimum absolute atomic E-state index is 0.0184. The van der Waals surface area contributed by atoms with Crippen molar-refractivity contribution in [3.05, 3.63) is 28.8 Å². The average Bonchev–Trinajstić information content (AvgIpc) is 2.50. The quantitative estimate of drug-likeness (QED) is 0.703. The number of ether oxygens (including phenoxy) is 1. The zero-order valence-corrected chi connectivity index (χ0v) is 15.0. The van der Waals surface area contributed by atoms with Crippen molar-refractivity contribution in [1.82, 2.24) is 4.90 Å². The number of benzene rings is 1. The monoisotopic (exact) mass is 372 g/mol. The van der Waals surface area contributed by atoms with Crippen LogP contribution in [-0.2, 0) is 19.4 Å². The molecule has 0 unspecified atom stereocenters. The molecule has 0 aromatic heterocycles. The first kappa shape index (κ1) is 19.9. The topological polar surface area (TPSA) is 105 Å². The van der Waals surface area contributed by atoms with Gasteiger partial charge in [0, 0.05) is 19.8 Å². The number of nitriles is 1. The van der Waals surface area contributed by atoms with Gasteiger partial charge in [-0.2, -0.15) is 5.26 Å². The van der Waals surface area contributed by atoms with Crippen LogP contribution in [0.4, 0.5) is 0 Å². The smallest absolute Gasteiger partial charge is 0.340 e. The maximum absolute atomic E-state index is 12.2. The Kier molecular flexibility index (Phi) is 6.75. The second kappa shape index (κ2) is 8.13. The van der Waals surface area contributed by atoms with Gasteiger partial charge in [-0.05, 0) is 25.1 Å². The van der Waals surface area contributed by atoms with Crippen molar-refractivity contribution in [1.29, 1.82) is 5.26 Å². The molecule has 0 fully saturated rings. The summed E-state index contributed by atoms with van der Waals surface area (Å²) in [5.74, 6) is -1.38. The summed E-state index contributed by atoms with van der Waals surface area (Å²) < 4.78 is 28.2. The molecular formula is C15H17ClN2O5S. The van der Waals surface area contributed by atoms with Gasteiger partial charge < -0.3 is 9.64 Å². The molecule has 0 heterocycles. The van der Waals surface area contributed by atoms with Crippen molar-refractivity contribution in [3.8, 4) is 6.07 Å². The third-order valence-corrected chi connectivity index (χ3v) is 4.59. The molecule has 0 bridgehead atoms. The number of rotatable bonds is 6. The van der Waals surface area contributed by atoms with Crippen LogP contribution in [0.25, 0.3) is 0 Å². The van der Waals surface area contributed by atoms with Crippen LogP contribution in [0.3, 0.4) is 0 Å². The lowest BCUT2D eigenvalue weighted by Gasteiger charge is -2.20. The highest BCUT2D eigenvalue weighted by molar-refractivity contribution is 7.90. The maximum atomic E-state index is 12.2. The molecule has 1 aromatic rings. The summed E-state index contributed by atoms with van der Waals surface area (Å²) in [5.41, 5.74) is -0.140. The molecule has 1 amide bonds. The largest absolute Gasteiger partial charge is 0.449 e. The number of esters is 1. The Labute approximate surface area is 145 Å². The van der Waals surface area contributed by atoms with E-state index in [1.165, 1.54) is 31.0 Å². The number of hydrogen-bond acceptors (Lipinski definition) is 6. The standard InChI is InChI=1S/C15H17ClN2O5S/c1-10(14(19)18(2)8-4-7-17)23-15(20)12-9-11(24(3,21)22)5-6-13(12)16/h5-6,9-10H,4,8H2,1-3H3/t10-/m0/s1. The molecule has 0 saturated carbocycles. The van der Waals surface area contributed by atoms with E-state index in [4.69, 9.17) is 21.6 Å². The Morgan fingerprint density at radius 1 is 1.42 bits per heavy atom. The van der Waals surface area contributed by atoms with Crippen molar-refractivity contribution in [2.24, 2.45) is 0 Å². The van der Waals surface area contributed by atoms with Crippen LogP contribution in [0.5, 0.6) is 0 Å². The highest BCUT2D eigenvalue weighted by atomic mass is 35.5. The third-order valence-electron chi connectivity index (χ3n) is 3.15. The van der Waals surface area contributed by atoms with E-state index in [9.17, 15) is 18.0 Å². The lowest BCUT2D eigenvalue weighted by Crippen LogP contribution is -2.38. The first-order chi connectivity index (χ1) is 11.1. The summed E-state index contributed by atoms with van der Waals surface area (Å²) in [6.45, 7) is 1.60. The van der Waals surface area contributed by atoms with Crippen molar-refractivity contribution < 1.29 is 22.7 Å². The highest BCUT2D eigenvalue weighted by Crippen LogP contribution is 2.22. The van der Waals surface area contributed by atoms with Gasteiger partial charge in [-0.1, -0.05) is 11.6 Å². The molecular weight excluding hydrogens is 356 g/mol. The second-order valence-corrected chi connectivity index (χ2v) is 7.55. The molecule has 7 nitrogen and oxygen atoms in total. The van der Waals surface area contributed by atoms with Gasteiger partial charge in [0.05, 0.1) is 28.0 Å². The van der Waals surface area contributed by atoms with Gasteiger partial charge in [0.25, 0.3) is 5.91 Å². The first-order valence-corrected chi connectivity index (χ1v) is 9.17. The predicted octanol–water partition coefficient (Wildman–Crippen LogP) is 1.66. The molecule has 24 heavy (non-hydrogen) atoms. The van der Waals surface area contributed by atoms with Crippen LogP contribution in [0.1, 0.15) is 23.7 Å². The molecule has 0 radical (unpaired) electrons. The molecule has 0 aliphatic rings. The molecule has 0 saturated heterocycles. The summed E-state index contributed by atoms with van der Waals surface area (Å²) in [4.78, 5) is 25.4. The molecule has 9 heteroatoms. The normalized spacial score (nSPS) is 12.1. The minimum Gasteiger partial charge on any atom is -0.449 e. The van der Waals surface area contributed by atoms with Crippen LogP contribution in [-0.4, -0.2) is 51.1 Å². The Morgan fingerprint density at radius 2 is 2.04 bits per heavy atom. The van der Waals surface area contributed by atoms with Gasteiger partial charge in [-0.25, -0.2) is 13.2 Å². The molecule has 1 atom stereocenters. The summed E-state index contributed by atoms with van der Waals surface area (Å²) in [6, 6.07) is 5.57. The molecule has 0 N–H and O–H groups in total. The molecule has 1 aromatic carbocycles. The lowest BCUT2D eigenvalue weighted by molar-refractivity contribution is -0.138. The number of nitrogens with zero attached hydrogens (tertiary/aromatic N) is 2. The molecule has 130 valence electrons. The van der Waals surface area contributed by atoms with Gasteiger partial charge in [0.2, 0.25) is 0 Å². The highest BCUT2D eigenvalue weighted by Gasteiger charge is 2.24. The molecule has 0 spiro atoms. The van der Waals surface area contributed by atoms with Gasteiger partial charge in [0.1, 0.15) is 0 Å². The number of carbonyl (C=O) groups is 2. The number of hydrogen-bond donors (Lipinski definition) is 0. The average molecular weight is 373 g/mol. The van der Waals surface area contributed by atoms with Crippen molar-refractivity contribution in [2.75, 3.05) is 19.8 Å². The van der Waals surface area contributed by atoms with Gasteiger partial charge >= 0.3 is 5.97 Å². The molecule has 1 rings (SSSR count). The van der Waals surface area contributed by atoms with Crippen LogP contribution >= 0.6 is 11.6 Å². The third kappa shape index (κ3) is 5.22. The van der Waals surface area contributed by atoms with E-state index in [1.54, 1.807) is 0 Å². The summed E-state index contributed by atoms with van der Waals surface area (Å²) in [5, 5.41) is 8.53. The van der Waals surface area contributed by atoms with E-state index in [0.717, 1.165) is 12.3 Å². The lowest BCUT2D eigenvalue weighted by atomic mass is 10.2. The van der Waals surface area contributed by atoms with E-state index in [0.29, 0.717) is 0 Å². The predicted molar refractivity (Wildman–Crippen MR) is 87.3 cm³/mol. The SMILES string of the molecule is C[C@H](OC(=O)c1cc(S(C)(=O)=O)ccc1Cl)C(=O)N(C)CCC#N. The van der Waals surface area contributed by atoms with Crippen molar-refractivity contribution >= 4 is 33.3 Å².